The number of Topliss-reactive ketones (excluding diaryl/α,β-unsaturated/α-hetero) is 1. The van der Waals surface area contributed by atoms with Crippen LogP contribution in [0.2, 0.25) is 0 Å². The van der Waals surface area contributed by atoms with Gasteiger partial charge in [-0.15, -0.1) is 0 Å². The van der Waals surface area contributed by atoms with Gasteiger partial charge in [0.05, 0.1) is 0 Å². The third-order valence-corrected chi connectivity index (χ3v) is 2.96. The van der Waals surface area contributed by atoms with E-state index in [0.717, 1.165) is 0 Å². The average Bonchev–Trinajstić information content (AvgIpc) is 2.27. The lowest BCUT2D eigenvalue weighted by atomic mass is 9.69. The predicted octanol–water partition coefficient (Wildman–Crippen LogP) is 0.652. The van der Waals surface area contributed by atoms with Crippen LogP contribution in [0.25, 0.3) is 0 Å². The largest absolute Gasteiger partial charge is 0.458 e. The summed E-state index contributed by atoms with van der Waals surface area (Å²) in [6, 6.07) is 0. The third-order valence-electron chi connectivity index (χ3n) is 2.96. The van der Waals surface area contributed by atoms with E-state index in [4.69, 9.17) is 4.74 Å². The van der Waals surface area contributed by atoms with E-state index < -0.39 is 6.10 Å². The SMILES string of the molecule is CC(=O)O[C@H]1C=CC(=O)[C@@H]2CC(=O)[C@@H]2C1. The minimum Gasteiger partial charge on any atom is -0.458 e. The summed E-state index contributed by atoms with van der Waals surface area (Å²) < 4.78 is 4.99. The zero-order valence-electron chi connectivity index (χ0n) is 8.43. The lowest BCUT2D eigenvalue weighted by Gasteiger charge is -2.32. The molecule has 1 fully saturated rings. The van der Waals surface area contributed by atoms with Crippen molar-refractivity contribution in [2.75, 3.05) is 0 Å². The fraction of sp³-hybridized carbons (Fsp3) is 0.545. The fourth-order valence-corrected chi connectivity index (χ4v) is 2.12. The van der Waals surface area contributed by atoms with Crippen LogP contribution in [0.5, 0.6) is 0 Å². The number of fused-ring (bicyclic) bond motifs is 1. The van der Waals surface area contributed by atoms with Crippen molar-refractivity contribution >= 4 is 17.5 Å². The van der Waals surface area contributed by atoms with Crippen molar-refractivity contribution < 1.29 is 19.1 Å². The summed E-state index contributed by atoms with van der Waals surface area (Å²) in [5.74, 6) is -0.711. The number of ketones is 2. The molecular formula is C11H12O4. The van der Waals surface area contributed by atoms with E-state index in [1.165, 1.54) is 13.0 Å². The summed E-state index contributed by atoms with van der Waals surface area (Å²) in [6.07, 6.45) is 3.39. The molecule has 0 saturated heterocycles. The van der Waals surface area contributed by atoms with Gasteiger partial charge in [-0.3, -0.25) is 14.4 Å². The molecule has 0 spiro atoms. The first-order chi connectivity index (χ1) is 7.08. The van der Waals surface area contributed by atoms with Crippen LogP contribution in [-0.4, -0.2) is 23.6 Å². The molecule has 4 heteroatoms. The van der Waals surface area contributed by atoms with E-state index in [9.17, 15) is 14.4 Å². The molecule has 15 heavy (non-hydrogen) atoms. The summed E-state index contributed by atoms with van der Waals surface area (Å²) in [6.45, 7) is 1.32. The van der Waals surface area contributed by atoms with Crippen molar-refractivity contribution in [2.24, 2.45) is 11.8 Å². The minimum absolute atomic E-state index is 0.0192. The van der Waals surface area contributed by atoms with Gasteiger partial charge in [-0.2, -0.15) is 0 Å². The van der Waals surface area contributed by atoms with Gasteiger partial charge in [0.15, 0.2) is 5.78 Å². The average molecular weight is 208 g/mol. The smallest absolute Gasteiger partial charge is 0.303 e. The number of hydrogen-bond donors (Lipinski definition) is 0. The zero-order valence-corrected chi connectivity index (χ0v) is 8.43. The van der Waals surface area contributed by atoms with Gasteiger partial charge >= 0.3 is 5.97 Å². The molecule has 2 rings (SSSR count). The molecule has 0 aromatic heterocycles. The van der Waals surface area contributed by atoms with Crippen LogP contribution in [0.4, 0.5) is 0 Å². The molecule has 80 valence electrons. The van der Waals surface area contributed by atoms with E-state index >= 15 is 0 Å². The van der Waals surface area contributed by atoms with Crippen molar-refractivity contribution in [3.63, 3.8) is 0 Å². The van der Waals surface area contributed by atoms with Gasteiger partial charge in [0.25, 0.3) is 0 Å². The lowest BCUT2D eigenvalue weighted by molar-refractivity contribution is -0.149. The number of ether oxygens (including phenoxy) is 1. The molecule has 2 aliphatic carbocycles. The van der Waals surface area contributed by atoms with E-state index in [0.29, 0.717) is 12.8 Å². The van der Waals surface area contributed by atoms with E-state index in [2.05, 4.69) is 0 Å². The first-order valence-electron chi connectivity index (χ1n) is 5.00. The Kier molecular flexibility index (Phi) is 2.42. The molecule has 0 aliphatic heterocycles. The molecule has 1 saturated carbocycles. The predicted molar refractivity (Wildman–Crippen MR) is 50.9 cm³/mol. The van der Waals surface area contributed by atoms with Crippen LogP contribution in [0.3, 0.4) is 0 Å². The number of rotatable bonds is 1. The Morgan fingerprint density at radius 1 is 1.40 bits per heavy atom. The zero-order chi connectivity index (χ0) is 11.0. The maximum absolute atomic E-state index is 11.5. The van der Waals surface area contributed by atoms with Gasteiger partial charge in [-0.05, 0) is 18.6 Å². The monoisotopic (exact) mass is 208 g/mol. The van der Waals surface area contributed by atoms with Crippen LogP contribution in [0.15, 0.2) is 12.2 Å². The topological polar surface area (TPSA) is 60.4 Å². The summed E-state index contributed by atoms with van der Waals surface area (Å²) >= 11 is 0. The van der Waals surface area contributed by atoms with Crippen molar-refractivity contribution in [3.05, 3.63) is 12.2 Å². The molecule has 2 aliphatic rings. The molecule has 4 nitrogen and oxygen atoms in total. The fourth-order valence-electron chi connectivity index (χ4n) is 2.12. The molecule has 0 bridgehead atoms. The van der Waals surface area contributed by atoms with Gasteiger partial charge in [0.2, 0.25) is 0 Å². The lowest BCUT2D eigenvalue weighted by Crippen LogP contribution is -2.42. The highest BCUT2D eigenvalue weighted by Crippen LogP contribution is 2.37. The Morgan fingerprint density at radius 3 is 2.73 bits per heavy atom. The molecule has 0 unspecified atom stereocenters. The van der Waals surface area contributed by atoms with Crippen LogP contribution in [-0.2, 0) is 19.1 Å². The normalized spacial score (nSPS) is 34.1. The van der Waals surface area contributed by atoms with Crippen LogP contribution >= 0.6 is 0 Å². The van der Waals surface area contributed by atoms with Crippen molar-refractivity contribution in [1.29, 1.82) is 0 Å². The molecule has 3 atom stereocenters. The molecule has 0 N–H and O–H groups in total. The Bertz CT molecular complexity index is 356. The molecule has 0 heterocycles. The summed E-state index contributed by atoms with van der Waals surface area (Å²) in [7, 11) is 0. The summed E-state index contributed by atoms with van der Waals surface area (Å²) in [5, 5.41) is 0. The third kappa shape index (κ3) is 1.84. The van der Waals surface area contributed by atoms with E-state index in [-0.39, 0.29) is 29.4 Å². The quantitative estimate of drug-likeness (QED) is 0.594. The van der Waals surface area contributed by atoms with Crippen LogP contribution in [0.1, 0.15) is 19.8 Å². The van der Waals surface area contributed by atoms with Crippen molar-refractivity contribution in [1.82, 2.24) is 0 Å². The first-order valence-corrected chi connectivity index (χ1v) is 5.00. The number of esters is 1. The second-order valence-electron chi connectivity index (χ2n) is 4.03. The van der Waals surface area contributed by atoms with E-state index in [1.807, 2.05) is 0 Å². The maximum Gasteiger partial charge on any atom is 0.303 e. The Morgan fingerprint density at radius 2 is 2.13 bits per heavy atom. The van der Waals surface area contributed by atoms with Gasteiger partial charge in [-0.1, -0.05) is 0 Å². The number of allylic oxidation sites excluding steroid dienone is 1. The number of carbonyl (C=O) groups excluding carboxylic acids is 3. The molecule has 0 radical (unpaired) electrons. The molecule has 0 aromatic rings. The van der Waals surface area contributed by atoms with Gasteiger partial charge in [-0.25, -0.2) is 0 Å². The van der Waals surface area contributed by atoms with Crippen molar-refractivity contribution in [3.8, 4) is 0 Å². The number of carbonyl (C=O) groups is 3. The second-order valence-corrected chi connectivity index (χ2v) is 4.03. The van der Waals surface area contributed by atoms with E-state index in [1.54, 1.807) is 6.08 Å². The Balaban J connectivity index is 2.10. The standard InChI is InChI=1S/C11H12O4/c1-6(12)15-7-2-3-10(13)9-5-11(14)8(9)4-7/h2-3,7-9H,4-5H2,1H3/t7-,8+,9+/m0/s1. The second kappa shape index (κ2) is 3.61. The van der Waals surface area contributed by atoms with Crippen molar-refractivity contribution in [2.45, 2.75) is 25.9 Å². The summed E-state index contributed by atoms with van der Waals surface area (Å²) in [5.41, 5.74) is 0. The Labute approximate surface area is 87.3 Å². The number of hydrogen-bond acceptors (Lipinski definition) is 4. The Hall–Kier alpha value is -1.45. The highest BCUT2D eigenvalue weighted by molar-refractivity contribution is 6.04. The highest BCUT2D eigenvalue weighted by atomic mass is 16.5. The van der Waals surface area contributed by atoms with Gasteiger partial charge < -0.3 is 4.74 Å². The van der Waals surface area contributed by atoms with Crippen LogP contribution < -0.4 is 0 Å². The summed E-state index contributed by atoms with van der Waals surface area (Å²) in [4.78, 5) is 33.5. The molecule has 0 amide bonds. The van der Waals surface area contributed by atoms with Gasteiger partial charge in [0, 0.05) is 25.2 Å². The first kappa shape index (κ1) is 10.1. The van der Waals surface area contributed by atoms with Crippen LogP contribution in [0, 0.1) is 11.8 Å². The maximum atomic E-state index is 11.5. The highest BCUT2D eigenvalue weighted by Gasteiger charge is 2.45. The minimum atomic E-state index is -0.425. The molecular weight excluding hydrogens is 196 g/mol. The molecule has 0 aromatic carbocycles. The van der Waals surface area contributed by atoms with Gasteiger partial charge in [0.1, 0.15) is 11.9 Å².